The van der Waals surface area contributed by atoms with Gasteiger partial charge in [-0.25, -0.2) is 0 Å². The zero-order valence-electron chi connectivity index (χ0n) is 5.40. The van der Waals surface area contributed by atoms with E-state index in [0.29, 0.717) is 0 Å². The van der Waals surface area contributed by atoms with E-state index >= 15 is 0 Å². The third kappa shape index (κ3) is 4.20. The third-order valence-electron chi connectivity index (χ3n) is 1.15. The fraction of sp³-hybridized carbons (Fsp3) is 1.00. The molecule has 1 heteroatoms. The molecule has 1 atom stereocenters. The Balaban J connectivity index is 2.83. The Morgan fingerprint density at radius 3 is 2.29 bits per heavy atom. The fourth-order valence-corrected chi connectivity index (χ4v) is 1.21. The van der Waals surface area contributed by atoms with Crippen molar-refractivity contribution in [2.75, 3.05) is 12.0 Å². The van der Waals surface area contributed by atoms with Crippen molar-refractivity contribution in [3.8, 4) is 0 Å². The molecule has 0 aliphatic rings. The summed E-state index contributed by atoms with van der Waals surface area (Å²) in [6.07, 6.45) is 3.48. The predicted molar refractivity (Wildman–Crippen MR) is 37.8 cm³/mol. The van der Waals surface area contributed by atoms with E-state index in [2.05, 4.69) is 20.1 Å². The first-order valence-electron chi connectivity index (χ1n) is 2.80. The zero-order chi connectivity index (χ0) is 5.70. The second kappa shape index (κ2) is 4.51. The van der Waals surface area contributed by atoms with E-state index in [1.54, 1.807) is 0 Å². The zero-order valence-corrected chi connectivity index (χ0v) is 6.22. The maximum absolute atomic E-state index is 2.29. The lowest BCUT2D eigenvalue weighted by Crippen LogP contribution is -1.93. The highest BCUT2D eigenvalue weighted by Crippen LogP contribution is 2.06. The number of hydrogen-bond donors (Lipinski definition) is 0. The van der Waals surface area contributed by atoms with Gasteiger partial charge in [-0.15, -0.1) is 0 Å². The molecule has 0 aromatic rings. The van der Waals surface area contributed by atoms with Crippen LogP contribution < -0.4 is 0 Å². The molecule has 0 aromatic carbocycles. The van der Waals surface area contributed by atoms with Crippen molar-refractivity contribution in [1.29, 1.82) is 0 Å². The van der Waals surface area contributed by atoms with Gasteiger partial charge in [0.15, 0.2) is 0 Å². The average Bonchev–Trinajstić information content (AvgIpc) is 1.68. The summed E-state index contributed by atoms with van der Waals surface area (Å²) in [6.45, 7) is 4.53. The van der Waals surface area contributed by atoms with Crippen LogP contribution in [0.15, 0.2) is 0 Å². The molecule has 0 saturated heterocycles. The molecule has 7 heavy (non-hydrogen) atoms. The minimum absolute atomic E-state index is 0.912. The van der Waals surface area contributed by atoms with Gasteiger partial charge in [-0.05, 0) is 17.9 Å². The summed E-state index contributed by atoms with van der Waals surface area (Å²) in [5.74, 6) is 2.23. The smallest absolute Gasteiger partial charge is 0.00446 e. The van der Waals surface area contributed by atoms with Gasteiger partial charge in [-0.3, -0.25) is 0 Å². The first-order chi connectivity index (χ1) is 3.31. The standard InChI is InChI=1S/C6H14S/c1-4-6(2)5-7-3/h6H,4-5H2,1-3H3. The summed E-state index contributed by atoms with van der Waals surface area (Å²) in [7, 11) is 0. The van der Waals surface area contributed by atoms with Gasteiger partial charge in [0, 0.05) is 0 Å². The van der Waals surface area contributed by atoms with E-state index in [-0.39, 0.29) is 0 Å². The van der Waals surface area contributed by atoms with E-state index in [4.69, 9.17) is 0 Å². The average molecular weight is 118 g/mol. The summed E-state index contributed by atoms with van der Waals surface area (Å²) in [5, 5.41) is 0. The van der Waals surface area contributed by atoms with E-state index in [1.165, 1.54) is 12.2 Å². The minimum atomic E-state index is 0.912. The maximum Gasteiger partial charge on any atom is -0.00446 e. The lowest BCUT2D eigenvalue weighted by atomic mass is 10.2. The van der Waals surface area contributed by atoms with Gasteiger partial charge in [-0.2, -0.15) is 11.8 Å². The van der Waals surface area contributed by atoms with Crippen LogP contribution in [0, 0.1) is 5.92 Å². The summed E-state index contributed by atoms with van der Waals surface area (Å²) in [5.41, 5.74) is 0. The minimum Gasteiger partial charge on any atom is -0.165 e. The van der Waals surface area contributed by atoms with E-state index < -0.39 is 0 Å². The molecular weight excluding hydrogens is 104 g/mol. The summed E-state index contributed by atoms with van der Waals surface area (Å²) in [4.78, 5) is 0. The predicted octanol–water partition coefficient (Wildman–Crippen LogP) is 2.40. The van der Waals surface area contributed by atoms with Gasteiger partial charge in [0.05, 0.1) is 0 Å². The molecule has 0 spiro atoms. The van der Waals surface area contributed by atoms with Crippen LogP contribution in [-0.4, -0.2) is 12.0 Å². The molecule has 0 radical (unpaired) electrons. The van der Waals surface area contributed by atoms with Crippen molar-refractivity contribution in [1.82, 2.24) is 0 Å². The number of hydrogen-bond acceptors (Lipinski definition) is 1. The first-order valence-corrected chi connectivity index (χ1v) is 4.19. The summed E-state index contributed by atoms with van der Waals surface area (Å²) >= 11 is 1.93. The van der Waals surface area contributed by atoms with Gasteiger partial charge in [-0.1, -0.05) is 20.3 Å². The SMILES string of the molecule is CCC(C)CSC. The lowest BCUT2D eigenvalue weighted by molar-refractivity contribution is 0.637. The molecule has 1 unspecified atom stereocenters. The Morgan fingerprint density at radius 2 is 2.14 bits per heavy atom. The van der Waals surface area contributed by atoms with Crippen molar-refractivity contribution < 1.29 is 0 Å². The van der Waals surface area contributed by atoms with Crippen molar-refractivity contribution in [2.45, 2.75) is 20.3 Å². The molecule has 0 aromatic heterocycles. The van der Waals surface area contributed by atoms with Gasteiger partial charge in [0.25, 0.3) is 0 Å². The number of thioether (sulfide) groups is 1. The monoisotopic (exact) mass is 118 g/mol. The molecule has 0 nitrogen and oxygen atoms in total. The molecule has 44 valence electrons. The molecule has 0 N–H and O–H groups in total. The molecule has 0 aliphatic heterocycles. The quantitative estimate of drug-likeness (QED) is 0.548. The van der Waals surface area contributed by atoms with Crippen molar-refractivity contribution in [2.24, 2.45) is 5.92 Å². The molecule has 0 saturated carbocycles. The Bertz CT molecular complexity index is 35.2. The topological polar surface area (TPSA) is 0 Å². The molecule has 0 heterocycles. The molecular formula is C6H14S. The van der Waals surface area contributed by atoms with E-state index in [9.17, 15) is 0 Å². The van der Waals surface area contributed by atoms with Crippen LogP contribution in [0.3, 0.4) is 0 Å². The fourth-order valence-electron chi connectivity index (χ4n) is 0.402. The second-order valence-electron chi connectivity index (χ2n) is 1.97. The van der Waals surface area contributed by atoms with Crippen LogP contribution >= 0.6 is 11.8 Å². The third-order valence-corrected chi connectivity index (χ3v) is 2.05. The number of rotatable bonds is 3. The van der Waals surface area contributed by atoms with Gasteiger partial charge >= 0.3 is 0 Å². The lowest BCUT2D eigenvalue weighted by Gasteiger charge is -2.02. The maximum atomic E-state index is 2.29. The van der Waals surface area contributed by atoms with Crippen LogP contribution in [0.4, 0.5) is 0 Å². The Morgan fingerprint density at radius 1 is 1.57 bits per heavy atom. The highest BCUT2D eigenvalue weighted by Gasteiger charge is 1.93. The Kier molecular flexibility index (Phi) is 4.73. The van der Waals surface area contributed by atoms with Crippen LogP contribution in [0.25, 0.3) is 0 Å². The van der Waals surface area contributed by atoms with Crippen LogP contribution in [0.1, 0.15) is 20.3 Å². The highest BCUT2D eigenvalue weighted by atomic mass is 32.2. The Hall–Kier alpha value is 0.350. The summed E-state index contributed by atoms with van der Waals surface area (Å²) < 4.78 is 0. The highest BCUT2D eigenvalue weighted by molar-refractivity contribution is 7.98. The van der Waals surface area contributed by atoms with Crippen LogP contribution in [0.5, 0.6) is 0 Å². The van der Waals surface area contributed by atoms with Gasteiger partial charge < -0.3 is 0 Å². The first kappa shape index (κ1) is 7.35. The normalized spacial score (nSPS) is 14.1. The second-order valence-corrected chi connectivity index (χ2v) is 2.88. The largest absolute Gasteiger partial charge is 0.165 e. The van der Waals surface area contributed by atoms with E-state index in [0.717, 1.165) is 5.92 Å². The van der Waals surface area contributed by atoms with Crippen molar-refractivity contribution in [3.63, 3.8) is 0 Å². The van der Waals surface area contributed by atoms with Crippen molar-refractivity contribution >= 4 is 11.8 Å². The van der Waals surface area contributed by atoms with Crippen LogP contribution in [-0.2, 0) is 0 Å². The molecule has 0 fully saturated rings. The molecule has 0 amide bonds. The summed E-state index contributed by atoms with van der Waals surface area (Å²) in [6, 6.07) is 0. The molecule has 0 aliphatic carbocycles. The van der Waals surface area contributed by atoms with Gasteiger partial charge in [0.2, 0.25) is 0 Å². The molecule has 0 rings (SSSR count). The van der Waals surface area contributed by atoms with Crippen molar-refractivity contribution in [3.05, 3.63) is 0 Å². The van der Waals surface area contributed by atoms with Gasteiger partial charge in [0.1, 0.15) is 0 Å². The van der Waals surface area contributed by atoms with Crippen LogP contribution in [0.2, 0.25) is 0 Å². The molecule has 0 bridgehead atoms. The van der Waals surface area contributed by atoms with E-state index in [1.807, 2.05) is 11.8 Å². The Labute approximate surface area is 50.7 Å².